The number of aromatic nitrogens is 2. The van der Waals surface area contributed by atoms with E-state index >= 15 is 0 Å². The van der Waals surface area contributed by atoms with Gasteiger partial charge in [0.2, 0.25) is 10.9 Å². The maximum Gasteiger partial charge on any atom is 0.297 e. The first kappa shape index (κ1) is 21.8. The van der Waals surface area contributed by atoms with E-state index in [1.54, 1.807) is 36.4 Å². The highest BCUT2D eigenvalue weighted by Crippen LogP contribution is 2.42. The number of anilines is 1. The normalized spacial score (nSPS) is 15.1. The zero-order valence-electron chi connectivity index (χ0n) is 18.4. The number of carbonyl (C=O) groups is 2. The van der Waals surface area contributed by atoms with Crippen molar-refractivity contribution in [3.8, 4) is 5.75 Å². The van der Waals surface area contributed by atoms with Gasteiger partial charge in [0.15, 0.2) is 12.0 Å². The Kier molecular flexibility index (Phi) is 5.37. The molecule has 2 aromatic heterocycles. The minimum atomic E-state index is -0.758. The van der Waals surface area contributed by atoms with Crippen LogP contribution in [-0.4, -0.2) is 28.6 Å². The van der Waals surface area contributed by atoms with Gasteiger partial charge in [0, 0.05) is 0 Å². The third-order valence-electron chi connectivity index (χ3n) is 5.57. The Balaban J connectivity index is 1.68. The maximum atomic E-state index is 13.6. The van der Waals surface area contributed by atoms with Crippen molar-refractivity contribution in [3.63, 3.8) is 0 Å². The molecule has 0 radical (unpaired) electrons. The summed E-state index contributed by atoms with van der Waals surface area (Å²) in [4.78, 5) is 39.6. The zero-order chi connectivity index (χ0) is 24.0. The molecule has 0 fully saturated rings. The van der Waals surface area contributed by atoms with Gasteiger partial charge in [-0.2, -0.15) is 0 Å². The second-order valence-electron chi connectivity index (χ2n) is 7.91. The van der Waals surface area contributed by atoms with E-state index in [1.807, 2.05) is 19.9 Å². The second-order valence-corrected chi connectivity index (χ2v) is 8.95. The Morgan fingerprint density at radius 3 is 2.62 bits per heavy atom. The summed E-state index contributed by atoms with van der Waals surface area (Å²) in [6, 6.07) is 11.3. The molecule has 0 spiro atoms. The number of amides is 2. The molecule has 34 heavy (non-hydrogen) atoms. The highest BCUT2D eigenvalue weighted by Gasteiger charge is 2.45. The van der Waals surface area contributed by atoms with Crippen LogP contribution in [0.4, 0.5) is 5.13 Å². The summed E-state index contributed by atoms with van der Waals surface area (Å²) in [7, 11) is 0. The number of hydrogen-bond acceptors (Lipinski definition) is 8. The molecule has 0 saturated carbocycles. The molecule has 1 atom stereocenters. The quantitative estimate of drug-likeness (QED) is 0.453. The monoisotopic (exact) mass is 476 g/mol. The van der Waals surface area contributed by atoms with Gasteiger partial charge in [0.1, 0.15) is 16.3 Å². The lowest BCUT2D eigenvalue weighted by Crippen LogP contribution is -2.29. The van der Waals surface area contributed by atoms with Gasteiger partial charge < -0.3 is 14.9 Å². The molecule has 2 amide bonds. The van der Waals surface area contributed by atoms with Crippen molar-refractivity contribution in [2.24, 2.45) is 5.73 Å². The van der Waals surface area contributed by atoms with Crippen molar-refractivity contribution in [1.29, 1.82) is 0 Å². The summed E-state index contributed by atoms with van der Waals surface area (Å²) < 4.78 is 11.3. The van der Waals surface area contributed by atoms with E-state index in [4.69, 9.17) is 14.9 Å². The maximum absolute atomic E-state index is 13.6. The standard InChI is InChI=1S/C24H20N4O5S/c1-3-18-26-27-24(34-18)28-20(13-5-7-14(8-6-13)32-11-17(25)29)19-21(30)15-10-12(2)4-9-16(15)33-22(19)23(28)31/h4-10,20H,3,11H2,1-2H3,(H2,25,29). The van der Waals surface area contributed by atoms with Crippen molar-refractivity contribution in [3.05, 3.63) is 80.1 Å². The number of fused-ring (bicyclic) bond motifs is 2. The number of ether oxygens (including phenoxy) is 1. The molecule has 0 saturated heterocycles. The van der Waals surface area contributed by atoms with Gasteiger partial charge in [-0.1, -0.05) is 42.0 Å². The predicted molar refractivity (Wildman–Crippen MR) is 126 cm³/mol. The highest BCUT2D eigenvalue weighted by atomic mass is 32.1. The first-order valence-electron chi connectivity index (χ1n) is 10.6. The lowest BCUT2D eigenvalue weighted by atomic mass is 9.98. The van der Waals surface area contributed by atoms with Gasteiger partial charge in [-0.25, -0.2) is 0 Å². The molecule has 9 nitrogen and oxygen atoms in total. The summed E-state index contributed by atoms with van der Waals surface area (Å²) >= 11 is 1.29. The Morgan fingerprint density at radius 1 is 1.18 bits per heavy atom. The van der Waals surface area contributed by atoms with E-state index in [0.717, 1.165) is 10.6 Å². The minimum absolute atomic E-state index is 0.00587. The van der Waals surface area contributed by atoms with E-state index in [9.17, 15) is 14.4 Å². The third kappa shape index (κ3) is 3.61. The largest absolute Gasteiger partial charge is 0.484 e. The topological polar surface area (TPSA) is 129 Å². The molecule has 5 rings (SSSR count). The van der Waals surface area contributed by atoms with E-state index in [1.165, 1.54) is 16.2 Å². The van der Waals surface area contributed by atoms with E-state index in [2.05, 4.69) is 10.2 Å². The van der Waals surface area contributed by atoms with Crippen LogP contribution >= 0.6 is 11.3 Å². The first-order chi connectivity index (χ1) is 16.4. The van der Waals surface area contributed by atoms with Crippen molar-refractivity contribution in [2.45, 2.75) is 26.3 Å². The first-order valence-corrected chi connectivity index (χ1v) is 11.4. The van der Waals surface area contributed by atoms with Crippen LogP contribution in [0, 0.1) is 6.92 Å². The van der Waals surface area contributed by atoms with Crippen LogP contribution in [0.15, 0.2) is 51.7 Å². The Labute approximate surface area is 197 Å². The van der Waals surface area contributed by atoms with Gasteiger partial charge in [-0.3, -0.25) is 19.3 Å². The Hall–Kier alpha value is -4.05. The van der Waals surface area contributed by atoms with Gasteiger partial charge in [-0.15, -0.1) is 10.2 Å². The van der Waals surface area contributed by atoms with Crippen LogP contribution in [0.2, 0.25) is 0 Å². The van der Waals surface area contributed by atoms with Crippen LogP contribution in [0.3, 0.4) is 0 Å². The van der Waals surface area contributed by atoms with Crippen molar-refractivity contribution >= 4 is 39.3 Å². The fourth-order valence-corrected chi connectivity index (χ4v) is 4.79. The number of nitrogens with zero attached hydrogens (tertiary/aromatic N) is 3. The number of benzene rings is 2. The number of hydrogen-bond donors (Lipinski definition) is 1. The summed E-state index contributed by atoms with van der Waals surface area (Å²) in [5.74, 6) is -0.613. The van der Waals surface area contributed by atoms with Crippen molar-refractivity contribution in [1.82, 2.24) is 10.2 Å². The van der Waals surface area contributed by atoms with Gasteiger partial charge >= 0.3 is 0 Å². The molecule has 1 aliphatic rings. The van der Waals surface area contributed by atoms with Crippen LogP contribution in [-0.2, 0) is 11.2 Å². The number of aryl methyl sites for hydroxylation is 2. The lowest BCUT2D eigenvalue weighted by molar-refractivity contribution is -0.119. The van der Waals surface area contributed by atoms with Crippen LogP contribution in [0.5, 0.6) is 5.75 Å². The molecule has 10 heteroatoms. The lowest BCUT2D eigenvalue weighted by Gasteiger charge is -2.22. The molecule has 4 aromatic rings. The fourth-order valence-electron chi connectivity index (χ4n) is 3.99. The molecule has 1 unspecified atom stereocenters. The Bertz CT molecular complexity index is 1490. The Morgan fingerprint density at radius 2 is 1.94 bits per heavy atom. The summed E-state index contributed by atoms with van der Waals surface area (Å²) in [6.07, 6.45) is 0.670. The second kappa shape index (κ2) is 8.38. The number of rotatable bonds is 6. The molecular weight excluding hydrogens is 456 g/mol. The van der Waals surface area contributed by atoms with Crippen LogP contribution in [0.1, 0.15) is 45.2 Å². The average Bonchev–Trinajstić information content (AvgIpc) is 3.41. The molecule has 1 aliphatic heterocycles. The van der Waals surface area contributed by atoms with Crippen molar-refractivity contribution in [2.75, 3.05) is 11.5 Å². The molecule has 0 bridgehead atoms. The predicted octanol–water partition coefficient (Wildman–Crippen LogP) is 3.13. The van der Waals surface area contributed by atoms with E-state index in [-0.39, 0.29) is 23.4 Å². The van der Waals surface area contributed by atoms with Crippen molar-refractivity contribution < 1.29 is 18.7 Å². The number of carbonyl (C=O) groups excluding carboxylic acids is 2. The van der Waals surface area contributed by atoms with Gasteiger partial charge in [0.25, 0.3) is 11.8 Å². The summed E-state index contributed by atoms with van der Waals surface area (Å²) in [5.41, 5.74) is 7.04. The highest BCUT2D eigenvalue weighted by molar-refractivity contribution is 7.15. The summed E-state index contributed by atoms with van der Waals surface area (Å²) in [6.45, 7) is 3.59. The molecular formula is C24H20N4O5S. The average molecular weight is 477 g/mol. The third-order valence-corrected chi connectivity index (χ3v) is 6.63. The molecule has 172 valence electrons. The molecule has 2 aromatic carbocycles. The van der Waals surface area contributed by atoms with E-state index in [0.29, 0.717) is 33.8 Å². The fraction of sp³-hybridized carbons (Fsp3) is 0.208. The number of primary amides is 1. The molecule has 0 aliphatic carbocycles. The smallest absolute Gasteiger partial charge is 0.297 e. The van der Waals surface area contributed by atoms with Crippen LogP contribution in [0.25, 0.3) is 11.0 Å². The molecule has 2 N–H and O–H groups in total. The summed E-state index contributed by atoms with van der Waals surface area (Å²) in [5, 5.41) is 9.92. The van der Waals surface area contributed by atoms with Gasteiger partial charge in [0.05, 0.1) is 17.0 Å². The van der Waals surface area contributed by atoms with Crippen LogP contribution < -0.4 is 20.8 Å². The minimum Gasteiger partial charge on any atom is -0.484 e. The molecule has 3 heterocycles. The van der Waals surface area contributed by atoms with E-state index < -0.39 is 17.9 Å². The zero-order valence-corrected chi connectivity index (χ0v) is 19.2. The van der Waals surface area contributed by atoms with Gasteiger partial charge in [-0.05, 0) is 43.2 Å². The number of nitrogens with two attached hydrogens (primary N) is 1. The SMILES string of the molecule is CCc1nnc(N2C(=O)c3oc4ccc(C)cc4c(=O)c3C2c2ccc(OCC(N)=O)cc2)s1.